The van der Waals surface area contributed by atoms with Crippen LogP contribution >= 0.6 is 11.3 Å². The molecule has 0 atom stereocenters. The number of hydrogen-bond acceptors (Lipinski definition) is 2. The number of aryl methyl sites for hydroxylation is 1. The summed E-state index contributed by atoms with van der Waals surface area (Å²) in [6, 6.07) is 2.80. The van der Waals surface area contributed by atoms with Crippen molar-refractivity contribution in [3.63, 3.8) is 0 Å². The first kappa shape index (κ1) is 11.6. The second-order valence-electron chi connectivity index (χ2n) is 5.13. The summed E-state index contributed by atoms with van der Waals surface area (Å²) in [5.74, 6) is 0. The highest BCUT2D eigenvalue weighted by atomic mass is 32.1. The minimum atomic E-state index is 0.270. The first-order valence-corrected chi connectivity index (χ1v) is 6.00. The lowest BCUT2D eigenvalue weighted by atomic mass is 9.94. The van der Waals surface area contributed by atoms with Crippen LogP contribution in [0.4, 0.5) is 5.69 Å². The van der Waals surface area contributed by atoms with E-state index in [1.807, 2.05) is 11.3 Å². The highest BCUT2D eigenvalue weighted by Gasteiger charge is 2.18. The Morgan fingerprint density at radius 1 is 1.29 bits per heavy atom. The molecule has 1 nitrogen and oxygen atoms in total. The van der Waals surface area contributed by atoms with Crippen molar-refractivity contribution in [2.75, 3.05) is 5.32 Å². The van der Waals surface area contributed by atoms with Crippen molar-refractivity contribution < 1.29 is 0 Å². The monoisotopic (exact) mass is 211 g/mol. The van der Waals surface area contributed by atoms with Gasteiger partial charge in [-0.1, -0.05) is 20.8 Å². The molecule has 0 unspecified atom stereocenters. The molecule has 1 N–H and O–H groups in total. The highest BCUT2D eigenvalue weighted by Crippen LogP contribution is 2.34. The maximum atomic E-state index is 3.48. The molecule has 14 heavy (non-hydrogen) atoms. The topological polar surface area (TPSA) is 12.0 Å². The largest absolute Gasteiger partial charge is 0.382 e. The van der Waals surface area contributed by atoms with Crippen molar-refractivity contribution in [2.45, 2.75) is 53.0 Å². The van der Waals surface area contributed by atoms with Crippen LogP contribution in [-0.2, 0) is 5.41 Å². The average Bonchev–Trinajstić information content (AvgIpc) is 2.30. The van der Waals surface area contributed by atoms with Crippen LogP contribution in [0.5, 0.6) is 0 Å². The zero-order chi connectivity index (χ0) is 10.9. The minimum absolute atomic E-state index is 0.270. The molecule has 1 aromatic heterocycles. The van der Waals surface area contributed by atoms with Gasteiger partial charge in [0, 0.05) is 21.5 Å². The second kappa shape index (κ2) is 3.93. The molecular formula is C12H21NS. The molecule has 0 aliphatic rings. The quantitative estimate of drug-likeness (QED) is 0.774. The van der Waals surface area contributed by atoms with E-state index in [-0.39, 0.29) is 5.41 Å². The van der Waals surface area contributed by atoms with Gasteiger partial charge in [-0.25, -0.2) is 0 Å². The van der Waals surface area contributed by atoms with Crippen molar-refractivity contribution in [3.05, 3.63) is 15.8 Å². The molecule has 0 spiro atoms. The van der Waals surface area contributed by atoms with Crippen LogP contribution in [0.3, 0.4) is 0 Å². The lowest BCUT2D eigenvalue weighted by Crippen LogP contribution is -2.10. The fourth-order valence-electron chi connectivity index (χ4n) is 1.31. The summed E-state index contributed by atoms with van der Waals surface area (Å²) >= 11 is 1.90. The Balaban J connectivity index is 2.94. The molecule has 0 saturated carbocycles. The number of hydrogen-bond donors (Lipinski definition) is 1. The third kappa shape index (κ3) is 2.74. The van der Waals surface area contributed by atoms with Crippen LogP contribution in [-0.4, -0.2) is 6.04 Å². The first-order chi connectivity index (χ1) is 6.30. The van der Waals surface area contributed by atoms with Gasteiger partial charge in [-0.15, -0.1) is 11.3 Å². The van der Waals surface area contributed by atoms with Gasteiger partial charge in [-0.3, -0.25) is 0 Å². The summed E-state index contributed by atoms with van der Waals surface area (Å²) in [6.07, 6.45) is 0. The predicted molar refractivity (Wildman–Crippen MR) is 66.5 cm³/mol. The standard InChI is InChI=1S/C12H21NS/c1-8(2)13-10-7-11(12(4,5)6)14-9(10)3/h7-8,13H,1-6H3. The lowest BCUT2D eigenvalue weighted by Gasteiger charge is -2.15. The van der Waals surface area contributed by atoms with E-state index >= 15 is 0 Å². The van der Waals surface area contributed by atoms with Crippen LogP contribution in [0.1, 0.15) is 44.4 Å². The fourth-order valence-corrected chi connectivity index (χ4v) is 2.35. The molecule has 0 amide bonds. The van der Waals surface area contributed by atoms with Crippen molar-refractivity contribution in [1.29, 1.82) is 0 Å². The number of anilines is 1. The molecular weight excluding hydrogens is 190 g/mol. The maximum Gasteiger partial charge on any atom is 0.0483 e. The van der Waals surface area contributed by atoms with Gasteiger partial charge in [0.05, 0.1) is 0 Å². The Hall–Kier alpha value is -0.500. The smallest absolute Gasteiger partial charge is 0.0483 e. The van der Waals surface area contributed by atoms with E-state index in [0.717, 1.165) is 0 Å². The molecule has 0 saturated heterocycles. The van der Waals surface area contributed by atoms with Gasteiger partial charge in [0.15, 0.2) is 0 Å². The van der Waals surface area contributed by atoms with Crippen molar-refractivity contribution in [3.8, 4) is 0 Å². The van der Waals surface area contributed by atoms with Gasteiger partial charge in [-0.2, -0.15) is 0 Å². The summed E-state index contributed by atoms with van der Waals surface area (Å²) in [7, 11) is 0. The van der Waals surface area contributed by atoms with Crippen LogP contribution < -0.4 is 5.32 Å². The average molecular weight is 211 g/mol. The zero-order valence-corrected chi connectivity index (χ0v) is 10.9. The van der Waals surface area contributed by atoms with Gasteiger partial charge in [-0.05, 0) is 32.3 Å². The first-order valence-electron chi connectivity index (χ1n) is 5.18. The Kier molecular flexibility index (Phi) is 3.25. The van der Waals surface area contributed by atoms with E-state index in [9.17, 15) is 0 Å². The summed E-state index contributed by atoms with van der Waals surface area (Å²) in [5, 5.41) is 3.48. The highest BCUT2D eigenvalue weighted by molar-refractivity contribution is 7.12. The molecule has 80 valence electrons. The Morgan fingerprint density at radius 3 is 2.21 bits per heavy atom. The summed E-state index contributed by atoms with van der Waals surface area (Å²) < 4.78 is 0. The summed E-state index contributed by atoms with van der Waals surface area (Å²) in [5.41, 5.74) is 1.57. The van der Waals surface area contributed by atoms with Crippen molar-refractivity contribution in [2.24, 2.45) is 0 Å². The molecule has 1 rings (SSSR count). The van der Waals surface area contributed by atoms with Gasteiger partial charge in [0.2, 0.25) is 0 Å². The number of rotatable bonds is 2. The Bertz CT molecular complexity index is 305. The molecule has 0 aromatic carbocycles. The second-order valence-corrected chi connectivity index (χ2v) is 6.39. The van der Waals surface area contributed by atoms with Gasteiger partial charge < -0.3 is 5.32 Å². The number of nitrogens with one attached hydrogen (secondary N) is 1. The van der Waals surface area contributed by atoms with Crippen LogP contribution in [0.25, 0.3) is 0 Å². The Morgan fingerprint density at radius 2 is 1.86 bits per heavy atom. The summed E-state index contributed by atoms with van der Waals surface area (Å²) in [4.78, 5) is 2.85. The summed E-state index contributed by atoms with van der Waals surface area (Å²) in [6.45, 7) is 13.3. The van der Waals surface area contributed by atoms with Crippen LogP contribution in [0.15, 0.2) is 6.07 Å². The maximum absolute atomic E-state index is 3.48. The molecule has 2 heteroatoms. The van der Waals surface area contributed by atoms with Gasteiger partial charge in [0.25, 0.3) is 0 Å². The SMILES string of the molecule is Cc1sc(C(C)(C)C)cc1NC(C)C. The third-order valence-corrected chi connectivity index (χ3v) is 3.58. The van der Waals surface area contributed by atoms with E-state index in [2.05, 4.69) is 52.9 Å². The van der Waals surface area contributed by atoms with Crippen molar-refractivity contribution >= 4 is 17.0 Å². The van der Waals surface area contributed by atoms with Crippen LogP contribution in [0.2, 0.25) is 0 Å². The molecule has 0 aliphatic carbocycles. The molecule has 0 bridgehead atoms. The fraction of sp³-hybridized carbons (Fsp3) is 0.667. The Labute approximate surface area is 91.5 Å². The third-order valence-electron chi connectivity index (χ3n) is 2.10. The van der Waals surface area contributed by atoms with E-state index in [1.54, 1.807) is 0 Å². The van der Waals surface area contributed by atoms with E-state index in [1.165, 1.54) is 15.4 Å². The van der Waals surface area contributed by atoms with Crippen LogP contribution in [0, 0.1) is 6.92 Å². The van der Waals surface area contributed by atoms with E-state index in [0.29, 0.717) is 6.04 Å². The van der Waals surface area contributed by atoms with Gasteiger partial charge >= 0.3 is 0 Å². The lowest BCUT2D eigenvalue weighted by molar-refractivity contribution is 0.604. The normalized spacial score (nSPS) is 12.2. The molecule has 0 radical (unpaired) electrons. The van der Waals surface area contributed by atoms with E-state index < -0.39 is 0 Å². The van der Waals surface area contributed by atoms with Crippen molar-refractivity contribution in [1.82, 2.24) is 0 Å². The van der Waals surface area contributed by atoms with E-state index in [4.69, 9.17) is 0 Å². The molecule has 0 aliphatic heterocycles. The molecule has 0 fully saturated rings. The number of thiophene rings is 1. The minimum Gasteiger partial charge on any atom is -0.382 e. The zero-order valence-electron chi connectivity index (χ0n) is 10.1. The predicted octanol–water partition coefficient (Wildman–Crippen LogP) is 4.17. The van der Waals surface area contributed by atoms with Gasteiger partial charge in [0.1, 0.15) is 0 Å². The molecule has 1 heterocycles. The molecule has 1 aromatic rings.